The number of rotatable bonds is 1. The molecule has 1 unspecified atom stereocenters. The molecule has 1 N–H and O–H groups in total. The van der Waals surface area contributed by atoms with Gasteiger partial charge in [0, 0.05) is 11.7 Å². The average Bonchev–Trinajstić information content (AvgIpc) is 2.41. The SMILES string of the molecule is CC1=CC(c2ccc(C)cc2)=CCC(C)N1. The Labute approximate surface area is 97.9 Å². The van der Waals surface area contributed by atoms with Crippen molar-refractivity contribution in [3.63, 3.8) is 0 Å². The molecule has 1 nitrogen and oxygen atoms in total. The molecule has 0 bridgehead atoms. The number of benzene rings is 1. The standard InChI is InChI=1S/C15H19N/c1-11-4-7-14(8-5-11)15-9-6-12(2)16-13(3)10-15/h4-5,7-10,12,16H,6H2,1-3H3. The van der Waals surface area contributed by atoms with Gasteiger partial charge < -0.3 is 5.32 Å². The first-order valence-corrected chi connectivity index (χ1v) is 5.87. The predicted octanol–water partition coefficient (Wildman–Crippen LogP) is 3.66. The van der Waals surface area contributed by atoms with Gasteiger partial charge in [0.05, 0.1) is 0 Å². The minimum atomic E-state index is 0.527. The zero-order chi connectivity index (χ0) is 11.5. The molecular formula is C15H19N. The predicted molar refractivity (Wildman–Crippen MR) is 70.1 cm³/mol. The van der Waals surface area contributed by atoms with Gasteiger partial charge in [-0.05, 0) is 44.4 Å². The van der Waals surface area contributed by atoms with Crippen molar-refractivity contribution >= 4 is 5.57 Å². The molecule has 0 spiro atoms. The van der Waals surface area contributed by atoms with Crippen molar-refractivity contribution in [2.45, 2.75) is 33.2 Å². The summed E-state index contributed by atoms with van der Waals surface area (Å²) in [6.45, 7) is 6.46. The highest BCUT2D eigenvalue weighted by molar-refractivity contribution is 5.75. The van der Waals surface area contributed by atoms with Crippen LogP contribution in [-0.2, 0) is 0 Å². The van der Waals surface area contributed by atoms with Crippen LogP contribution in [0.2, 0.25) is 0 Å². The van der Waals surface area contributed by atoms with E-state index in [1.54, 1.807) is 0 Å². The summed E-state index contributed by atoms with van der Waals surface area (Å²) in [5.74, 6) is 0. The largest absolute Gasteiger partial charge is 0.386 e. The fourth-order valence-corrected chi connectivity index (χ4v) is 2.03. The van der Waals surface area contributed by atoms with Gasteiger partial charge in [0.2, 0.25) is 0 Å². The number of hydrogen-bond donors (Lipinski definition) is 1. The highest BCUT2D eigenvalue weighted by atomic mass is 14.9. The Kier molecular flexibility index (Phi) is 3.14. The Balaban J connectivity index is 2.32. The summed E-state index contributed by atoms with van der Waals surface area (Å²) < 4.78 is 0. The van der Waals surface area contributed by atoms with Crippen molar-refractivity contribution in [3.8, 4) is 0 Å². The lowest BCUT2D eigenvalue weighted by atomic mass is 10.0. The van der Waals surface area contributed by atoms with Crippen LogP contribution in [0.5, 0.6) is 0 Å². The number of hydrogen-bond acceptors (Lipinski definition) is 1. The second kappa shape index (κ2) is 4.56. The monoisotopic (exact) mass is 213 g/mol. The lowest BCUT2D eigenvalue weighted by Gasteiger charge is -2.10. The molecule has 0 saturated carbocycles. The maximum atomic E-state index is 3.46. The average molecular weight is 213 g/mol. The van der Waals surface area contributed by atoms with Crippen LogP contribution in [0, 0.1) is 6.92 Å². The molecule has 0 aliphatic carbocycles. The van der Waals surface area contributed by atoms with Crippen LogP contribution in [0.1, 0.15) is 31.4 Å². The quantitative estimate of drug-likeness (QED) is 0.750. The summed E-state index contributed by atoms with van der Waals surface area (Å²) in [5.41, 5.74) is 5.19. The van der Waals surface area contributed by atoms with Gasteiger partial charge in [-0.15, -0.1) is 0 Å². The smallest absolute Gasteiger partial charge is 0.0264 e. The summed E-state index contributed by atoms with van der Waals surface area (Å²) >= 11 is 0. The highest BCUT2D eigenvalue weighted by Gasteiger charge is 2.07. The van der Waals surface area contributed by atoms with Gasteiger partial charge in [-0.2, -0.15) is 0 Å². The van der Waals surface area contributed by atoms with E-state index in [2.05, 4.69) is 62.5 Å². The van der Waals surface area contributed by atoms with Gasteiger partial charge in [-0.1, -0.05) is 35.9 Å². The maximum absolute atomic E-state index is 3.46. The Morgan fingerprint density at radius 1 is 1.12 bits per heavy atom. The molecule has 0 radical (unpaired) electrons. The first-order valence-electron chi connectivity index (χ1n) is 5.87. The molecule has 1 aliphatic heterocycles. The second-order valence-corrected chi connectivity index (χ2v) is 4.63. The van der Waals surface area contributed by atoms with Crippen molar-refractivity contribution in [1.82, 2.24) is 5.32 Å². The van der Waals surface area contributed by atoms with E-state index < -0.39 is 0 Å². The Hall–Kier alpha value is -1.50. The third-order valence-electron chi connectivity index (χ3n) is 2.92. The van der Waals surface area contributed by atoms with Gasteiger partial charge in [0.25, 0.3) is 0 Å². The molecule has 1 atom stereocenters. The molecule has 0 fully saturated rings. The molecule has 0 amide bonds. The minimum absolute atomic E-state index is 0.527. The highest BCUT2D eigenvalue weighted by Crippen LogP contribution is 2.21. The fourth-order valence-electron chi connectivity index (χ4n) is 2.03. The van der Waals surface area contributed by atoms with Crippen molar-refractivity contribution in [3.05, 3.63) is 53.2 Å². The molecule has 1 aromatic rings. The van der Waals surface area contributed by atoms with Gasteiger partial charge >= 0.3 is 0 Å². The third-order valence-corrected chi connectivity index (χ3v) is 2.92. The molecule has 2 rings (SSSR count). The lowest BCUT2D eigenvalue weighted by molar-refractivity contribution is 0.627. The van der Waals surface area contributed by atoms with Crippen molar-refractivity contribution in [2.24, 2.45) is 0 Å². The van der Waals surface area contributed by atoms with Crippen LogP contribution >= 0.6 is 0 Å². The Bertz CT molecular complexity index is 423. The molecule has 1 aliphatic rings. The van der Waals surface area contributed by atoms with Crippen LogP contribution in [0.25, 0.3) is 5.57 Å². The van der Waals surface area contributed by atoms with Gasteiger partial charge in [-0.25, -0.2) is 0 Å². The topological polar surface area (TPSA) is 12.0 Å². The molecular weight excluding hydrogens is 194 g/mol. The van der Waals surface area contributed by atoms with E-state index in [0.29, 0.717) is 6.04 Å². The Morgan fingerprint density at radius 2 is 1.81 bits per heavy atom. The van der Waals surface area contributed by atoms with Crippen LogP contribution in [0.15, 0.2) is 42.1 Å². The molecule has 1 aromatic carbocycles. The number of allylic oxidation sites excluding steroid dienone is 3. The second-order valence-electron chi connectivity index (χ2n) is 4.63. The molecule has 1 heterocycles. The van der Waals surface area contributed by atoms with Crippen molar-refractivity contribution < 1.29 is 0 Å². The van der Waals surface area contributed by atoms with E-state index in [-0.39, 0.29) is 0 Å². The zero-order valence-corrected chi connectivity index (χ0v) is 10.2. The molecule has 1 heteroatoms. The van der Waals surface area contributed by atoms with Crippen molar-refractivity contribution in [2.75, 3.05) is 0 Å². The fraction of sp³-hybridized carbons (Fsp3) is 0.333. The van der Waals surface area contributed by atoms with Crippen molar-refractivity contribution in [1.29, 1.82) is 0 Å². The summed E-state index contributed by atoms with van der Waals surface area (Å²) in [6.07, 6.45) is 5.63. The molecule has 0 saturated heterocycles. The zero-order valence-electron chi connectivity index (χ0n) is 10.2. The summed E-state index contributed by atoms with van der Waals surface area (Å²) in [7, 11) is 0. The maximum Gasteiger partial charge on any atom is 0.0264 e. The lowest BCUT2D eigenvalue weighted by Crippen LogP contribution is -2.22. The first-order chi connectivity index (χ1) is 7.65. The molecule has 0 aromatic heterocycles. The van der Waals surface area contributed by atoms with E-state index >= 15 is 0 Å². The van der Waals surface area contributed by atoms with E-state index in [0.717, 1.165) is 6.42 Å². The van der Waals surface area contributed by atoms with Crippen LogP contribution in [0.4, 0.5) is 0 Å². The van der Waals surface area contributed by atoms with E-state index in [4.69, 9.17) is 0 Å². The minimum Gasteiger partial charge on any atom is -0.386 e. The van der Waals surface area contributed by atoms with E-state index in [1.165, 1.54) is 22.4 Å². The van der Waals surface area contributed by atoms with Crippen LogP contribution in [0.3, 0.4) is 0 Å². The number of aryl methyl sites for hydroxylation is 1. The summed E-state index contributed by atoms with van der Waals surface area (Å²) in [6, 6.07) is 9.25. The van der Waals surface area contributed by atoms with Gasteiger partial charge in [-0.3, -0.25) is 0 Å². The van der Waals surface area contributed by atoms with Crippen LogP contribution < -0.4 is 5.32 Å². The molecule has 84 valence electrons. The van der Waals surface area contributed by atoms with Gasteiger partial charge in [0.15, 0.2) is 0 Å². The van der Waals surface area contributed by atoms with E-state index in [9.17, 15) is 0 Å². The molecule has 16 heavy (non-hydrogen) atoms. The first kappa shape index (κ1) is 11.0. The normalized spacial score (nSPS) is 20.6. The van der Waals surface area contributed by atoms with Gasteiger partial charge in [0.1, 0.15) is 0 Å². The third kappa shape index (κ3) is 2.54. The Morgan fingerprint density at radius 3 is 2.50 bits per heavy atom. The summed E-state index contributed by atoms with van der Waals surface area (Å²) in [5, 5.41) is 3.46. The van der Waals surface area contributed by atoms with Crippen LogP contribution in [-0.4, -0.2) is 6.04 Å². The summed E-state index contributed by atoms with van der Waals surface area (Å²) in [4.78, 5) is 0. The number of nitrogens with one attached hydrogen (secondary N) is 1. The van der Waals surface area contributed by atoms with E-state index in [1.807, 2.05) is 0 Å².